The number of aromatic nitrogens is 3. The van der Waals surface area contributed by atoms with Crippen molar-refractivity contribution in [3.63, 3.8) is 0 Å². The molecule has 0 spiro atoms. The first-order valence-corrected chi connectivity index (χ1v) is 15.5. The summed E-state index contributed by atoms with van der Waals surface area (Å²) in [5.74, 6) is -0.261. The second-order valence-electron chi connectivity index (χ2n) is 12.0. The summed E-state index contributed by atoms with van der Waals surface area (Å²) in [6.07, 6.45) is 1.94. The molecule has 43 heavy (non-hydrogen) atoms. The lowest BCUT2D eigenvalue weighted by molar-refractivity contribution is -0.133. The number of carbonyl (C=O) groups excluding carboxylic acids is 3. The zero-order chi connectivity index (χ0) is 30.7. The highest BCUT2D eigenvalue weighted by Gasteiger charge is 2.44. The van der Waals surface area contributed by atoms with Crippen LogP contribution in [0.2, 0.25) is 0 Å². The number of amides is 3. The fraction of sp³-hybridized carbons (Fsp3) is 0.533. The summed E-state index contributed by atoms with van der Waals surface area (Å²) < 4.78 is 12.7. The van der Waals surface area contributed by atoms with Crippen molar-refractivity contribution < 1.29 is 29.0 Å². The second-order valence-corrected chi connectivity index (χ2v) is 12.9. The second kappa shape index (κ2) is 12.8. The van der Waals surface area contributed by atoms with Gasteiger partial charge in [-0.1, -0.05) is 19.4 Å². The average Bonchev–Trinajstić information content (AvgIpc) is 3.46. The van der Waals surface area contributed by atoms with Crippen molar-refractivity contribution in [2.45, 2.75) is 95.7 Å². The zero-order valence-corrected chi connectivity index (χ0v) is 25.6. The topological polar surface area (TPSA) is 156 Å². The highest BCUT2D eigenvalue weighted by molar-refractivity contribution is 7.17. The summed E-state index contributed by atoms with van der Waals surface area (Å²) >= 11 is 1.43. The number of carbonyl (C=O) groups is 3. The SMILES string of the molecule is CCC[C@H](NC(=O)[C@@H]1C[C@@H](Oc2nc(-c3ccccn3)nc3ccsc23)CN1C(=O)OC(C)(C)C)C(O)C(=O)NC1CC1. The van der Waals surface area contributed by atoms with Crippen molar-refractivity contribution in [1.82, 2.24) is 30.5 Å². The number of likely N-dealkylation sites (tertiary alicyclic amines) is 1. The van der Waals surface area contributed by atoms with Crippen LogP contribution in [0.25, 0.3) is 21.7 Å². The number of hydrogen-bond acceptors (Lipinski definition) is 10. The first-order chi connectivity index (χ1) is 20.5. The molecular weight excluding hydrogens is 572 g/mol. The van der Waals surface area contributed by atoms with Crippen LogP contribution in [0.1, 0.15) is 59.8 Å². The van der Waals surface area contributed by atoms with Crippen LogP contribution < -0.4 is 15.4 Å². The fourth-order valence-corrected chi connectivity index (χ4v) is 5.70. The molecule has 2 aliphatic rings. The monoisotopic (exact) mass is 610 g/mol. The Hall–Kier alpha value is -3.84. The molecule has 0 aromatic carbocycles. The van der Waals surface area contributed by atoms with Gasteiger partial charge in [0, 0.05) is 18.7 Å². The normalized spacial score (nSPS) is 20.0. The molecule has 13 heteroatoms. The molecule has 5 rings (SSSR count). The van der Waals surface area contributed by atoms with Gasteiger partial charge in [0.05, 0.1) is 18.1 Å². The van der Waals surface area contributed by atoms with Crippen molar-refractivity contribution in [1.29, 1.82) is 0 Å². The van der Waals surface area contributed by atoms with E-state index < -0.39 is 47.8 Å². The molecule has 3 amide bonds. The first-order valence-electron chi connectivity index (χ1n) is 14.6. The van der Waals surface area contributed by atoms with Crippen LogP contribution in [-0.2, 0) is 14.3 Å². The van der Waals surface area contributed by atoms with Crippen molar-refractivity contribution in [2.75, 3.05) is 6.54 Å². The van der Waals surface area contributed by atoms with Gasteiger partial charge in [-0.2, -0.15) is 4.98 Å². The molecule has 3 N–H and O–H groups in total. The Morgan fingerprint density at radius 2 is 1.98 bits per heavy atom. The molecule has 1 unspecified atom stereocenters. The minimum atomic E-state index is -1.41. The number of fused-ring (bicyclic) bond motifs is 1. The molecule has 4 atom stereocenters. The molecule has 3 aromatic rings. The minimum absolute atomic E-state index is 0.0744. The van der Waals surface area contributed by atoms with Crippen LogP contribution in [-0.4, -0.2) is 85.3 Å². The number of thiophene rings is 1. The molecule has 12 nitrogen and oxygen atoms in total. The third kappa shape index (κ3) is 7.57. The van der Waals surface area contributed by atoms with Crippen LogP contribution in [0, 0.1) is 0 Å². The Kier molecular flexibility index (Phi) is 9.11. The quantitative estimate of drug-likeness (QED) is 0.313. The average molecular weight is 611 g/mol. The Labute approximate surface area is 254 Å². The largest absolute Gasteiger partial charge is 0.471 e. The predicted octanol–water partition coefficient (Wildman–Crippen LogP) is 3.43. The highest BCUT2D eigenvalue weighted by Crippen LogP contribution is 2.33. The zero-order valence-electron chi connectivity index (χ0n) is 24.8. The maximum absolute atomic E-state index is 13.7. The van der Waals surface area contributed by atoms with Gasteiger partial charge in [-0.15, -0.1) is 11.3 Å². The van der Waals surface area contributed by atoms with E-state index in [1.165, 1.54) is 16.2 Å². The third-order valence-corrected chi connectivity index (χ3v) is 8.03. The molecule has 2 fully saturated rings. The van der Waals surface area contributed by atoms with Gasteiger partial charge in [0.2, 0.25) is 11.8 Å². The van der Waals surface area contributed by atoms with Gasteiger partial charge in [-0.25, -0.2) is 9.78 Å². The molecule has 0 bridgehead atoms. The summed E-state index contributed by atoms with van der Waals surface area (Å²) in [6, 6.07) is 5.65. The maximum atomic E-state index is 13.7. The number of pyridine rings is 1. The number of rotatable bonds is 10. The Morgan fingerprint density at radius 1 is 1.19 bits per heavy atom. The third-order valence-electron chi connectivity index (χ3n) is 7.14. The molecule has 3 aromatic heterocycles. The van der Waals surface area contributed by atoms with Crippen molar-refractivity contribution in [3.8, 4) is 17.4 Å². The standard InChI is InChI=1S/C30H38N6O6S/c1-5-8-19(23(37)27(39)32-17-10-11-17)34-26(38)22-15-18(16-36(22)29(40)42-30(2,3)4)41-28-24-20(12-14-43-24)33-25(35-28)21-9-6-7-13-31-21/h6-7,9,12-14,17-19,22-23,37H,5,8,10-11,15-16H2,1-4H3,(H,32,39)(H,34,38)/t18-,19+,22+,23?/m1/s1. The number of aliphatic hydroxyl groups excluding tert-OH is 1. The van der Waals surface area contributed by atoms with Gasteiger partial charge in [0.1, 0.15) is 28.1 Å². The Morgan fingerprint density at radius 3 is 2.65 bits per heavy atom. The van der Waals surface area contributed by atoms with Gasteiger partial charge in [0.25, 0.3) is 5.91 Å². The van der Waals surface area contributed by atoms with Gasteiger partial charge in [-0.05, 0) is 63.6 Å². The lowest BCUT2D eigenvalue weighted by Gasteiger charge is -2.29. The first kappa shape index (κ1) is 30.6. The fourth-order valence-electron chi connectivity index (χ4n) is 4.93. The van der Waals surface area contributed by atoms with Crippen molar-refractivity contribution in [2.24, 2.45) is 0 Å². The van der Waals surface area contributed by atoms with E-state index in [4.69, 9.17) is 9.47 Å². The van der Waals surface area contributed by atoms with E-state index in [-0.39, 0.29) is 19.0 Å². The lowest BCUT2D eigenvalue weighted by Crippen LogP contribution is -2.55. The van der Waals surface area contributed by atoms with Gasteiger partial charge < -0.3 is 25.2 Å². The number of aliphatic hydroxyl groups is 1. The number of nitrogens with one attached hydrogen (secondary N) is 2. The molecule has 1 aliphatic carbocycles. The smallest absolute Gasteiger partial charge is 0.411 e. The van der Waals surface area contributed by atoms with Gasteiger partial charge >= 0.3 is 6.09 Å². The van der Waals surface area contributed by atoms with Crippen molar-refractivity contribution in [3.05, 3.63) is 35.8 Å². The lowest BCUT2D eigenvalue weighted by atomic mass is 10.0. The molecule has 1 aliphatic heterocycles. The number of hydrogen-bond donors (Lipinski definition) is 3. The Balaban J connectivity index is 1.37. The molecule has 1 saturated heterocycles. The summed E-state index contributed by atoms with van der Waals surface area (Å²) in [6.45, 7) is 7.24. The highest BCUT2D eigenvalue weighted by atomic mass is 32.1. The predicted molar refractivity (Wildman–Crippen MR) is 160 cm³/mol. The van der Waals surface area contributed by atoms with E-state index in [1.807, 2.05) is 36.6 Å². The summed E-state index contributed by atoms with van der Waals surface area (Å²) in [5.41, 5.74) is 0.505. The van der Waals surface area contributed by atoms with Gasteiger partial charge in [-0.3, -0.25) is 19.5 Å². The van der Waals surface area contributed by atoms with Crippen LogP contribution in [0.4, 0.5) is 4.79 Å². The van der Waals surface area contributed by atoms with E-state index in [1.54, 1.807) is 27.0 Å². The van der Waals surface area contributed by atoms with Gasteiger partial charge in [0.15, 0.2) is 11.9 Å². The van der Waals surface area contributed by atoms with E-state index in [0.717, 1.165) is 17.5 Å². The van der Waals surface area contributed by atoms with E-state index in [9.17, 15) is 19.5 Å². The summed E-state index contributed by atoms with van der Waals surface area (Å²) in [7, 11) is 0. The van der Waals surface area contributed by atoms with E-state index >= 15 is 0 Å². The Bertz CT molecular complexity index is 1460. The molecule has 0 radical (unpaired) electrons. The van der Waals surface area contributed by atoms with Crippen LogP contribution in [0.5, 0.6) is 5.88 Å². The molecule has 4 heterocycles. The van der Waals surface area contributed by atoms with Crippen LogP contribution in [0.15, 0.2) is 35.8 Å². The number of nitrogens with zero attached hydrogens (tertiary/aromatic N) is 4. The molecular formula is C30H38N6O6S. The van der Waals surface area contributed by atoms with E-state index in [2.05, 4.69) is 25.6 Å². The molecule has 230 valence electrons. The van der Waals surface area contributed by atoms with E-state index in [0.29, 0.717) is 35.8 Å². The summed E-state index contributed by atoms with van der Waals surface area (Å²) in [5, 5.41) is 18.3. The van der Waals surface area contributed by atoms with Crippen LogP contribution >= 0.6 is 11.3 Å². The van der Waals surface area contributed by atoms with Crippen LogP contribution in [0.3, 0.4) is 0 Å². The molecule has 1 saturated carbocycles. The maximum Gasteiger partial charge on any atom is 0.411 e. The number of ether oxygens (including phenoxy) is 2. The summed E-state index contributed by atoms with van der Waals surface area (Å²) in [4.78, 5) is 54.5. The minimum Gasteiger partial charge on any atom is -0.471 e. The van der Waals surface area contributed by atoms with Crippen molar-refractivity contribution >= 4 is 39.5 Å².